The fourth-order valence-electron chi connectivity index (χ4n) is 4.06. The molecule has 1 saturated carbocycles. The Kier molecular flexibility index (Phi) is 5.27. The summed E-state index contributed by atoms with van der Waals surface area (Å²) >= 11 is 0. The molecular formula is C19H25NO5. The van der Waals surface area contributed by atoms with Crippen molar-refractivity contribution in [3.63, 3.8) is 0 Å². The number of amides is 1. The van der Waals surface area contributed by atoms with E-state index in [1.165, 1.54) is 0 Å². The zero-order chi connectivity index (χ0) is 17.9. The first kappa shape index (κ1) is 17.7. The first-order valence-corrected chi connectivity index (χ1v) is 8.81. The normalized spacial score (nSPS) is 25.0. The molecular weight excluding hydrogens is 322 g/mol. The summed E-state index contributed by atoms with van der Waals surface area (Å²) in [6, 6.07) is 7.05. The van der Waals surface area contributed by atoms with Gasteiger partial charge in [0.15, 0.2) is 0 Å². The van der Waals surface area contributed by atoms with Gasteiger partial charge >= 0.3 is 5.97 Å². The van der Waals surface area contributed by atoms with Gasteiger partial charge in [-0.15, -0.1) is 0 Å². The molecule has 2 aliphatic rings. The quantitative estimate of drug-likeness (QED) is 0.767. The van der Waals surface area contributed by atoms with Crippen molar-refractivity contribution in [3.8, 4) is 5.75 Å². The molecule has 3 rings (SSSR count). The molecule has 1 N–H and O–H groups in total. The van der Waals surface area contributed by atoms with E-state index < -0.39 is 11.4 Å². The van der Waals surface area contributed by atoms with Gasteiger partial charge in [-0.05, 0) is 43.0 Å². The number of methoxy groups -OCH3 is 1. The van der Waals surface area contributed by atoms with Crippen molar-refractivity contribution in [1.82, 2.24) is 4.90 Å². The molecule has 1 aromatic carbocycles. The van der Waals surface area contributed by atoms with Crippen LogP contribution in [0.25, 0.3) is 0 Å². The Labute approximate surface area is 147 Å². The van der Waals surface area contributed by atoms with Gasteiger partial charge in [-0.3, -0.25) is 9.59 Å². The average molecular weight is 347 g/mol. The van der Waals surface area contributed by atoms with Crippen molar-refractivity contribution in [3.05, 3.63) is 29.8 Å². The van der Waals surface area contributed by atoms with Crippen molar-refractivity contribution >= 4 is 11.9 Å². The van der Waals surface area contributed by atoms with Crippen LogP contribution in [0.3, 0.4) is 0 Å². The Morgan fingerprint density at radius 1 is 1.28 bits per heavy atom. The Morgan fingerprint density at radius 2 is 2.04 bits per heavy atom. The van der Waals surface area contributed by atoms with Gasteiger partial charge in [-0.25, -0.2) is 0 Å². The van der Waals surface area contributed by atoms with Crippen molar-refractivity contribution in [2.24, 2.45) is 11.3 Å². The summed E-state index contributed by atoms with van der Waals surface area (Å²) in [6.45, 7) is 2.08. The van der Waals surface area contributed by atoms with E-state index in [-0.39, 0.29) is 11.8 Å². The summed E-state index contributed by atoms with van der Waals surface area (Å²) in [5.41, 5.74) is -0.162. The van der Waals surface area contributed by atoms with Crippen LogP contribution in [-0.4, -0.2) is 55.3 Å². The number of hydrogen-bond donors (Lipinski definition) is 1. The highest BCUT2D eigenvalue weighted by atomic mass is 16.5. The lowest BCUT2D eigenvalue weighted by atomic mass is 9.81. The molecule has 1 aliphatic carbocycles. The van der Waals surface area contributed by atoms with E-state index in [4.69, 9.17) is 9.47 Å². The number of fused-ring (bicyclic) bond motifs is 1. The zero-order valence-corrected chi connectivity index (χ0v) is 14.6. The molecule has 1 aliphatic heterocycles. The van der Waals surface area contributed by atoms with Gasteiger partial charge in [0.2, 0.25) is 0 Å². The van der Waals surface area contributed by atoms with E-state index in [1.807, 2.05) is 0 Å². The number of carboxylic acids is 1. The van der Waals surface area contributed by atoms with Gasteiger partial charge in [-0.1, -0.05) is 6.42 Å². The van der Waals surface area contributed by atoms with Crippen LogP contribution in [0.2, 0.25) is 0 Å². The van der Waals surface area contributed by atoms with Crippen LogP contribution in [0.5, 0.6) is 5.75 Å². The fourth-order valence-corrected chi connectivity index (χ4v) is 4.06. The van der Waals surface area contributed by atoms with Gasteiger partial charge < -0.3 is 19.5 Å². The molecule has 0 aromatic heterocycles. The zero-order valence-electron chi connectivity index (χ0n) is 14.6. The maximum absolute atomic E-state index is 12.7. The summed E-state index contributed by atoms with van der Waals surface area (Å²) in [5, 5.41) is 9.64. The van der Waals surface area contributed by atoms with Crippen LogP contribution < -0.4 is 4.74 Å². The second-order valence-corrected chi connectivity index (χ2v) is 6.96. The Hall–Kier alpha value is -2.08. The third kappa shape index (κ3) is 3.49. The summed E-state index contributed by atoms with van der Waals surface area (Å²) in [5.74, 6) is -0.0589. The number of benzene rings is 1. The Bertz CT molecular complexity index is 629. The highest BCUT2D eigenvalue weighted by Gasteiger charge is 2.55. The lowest BCUT2D eigenvalue weighted by Crippen LogP contribution is -2.37. The van der Waals surface area contributed by atoms with Crippen LogP contribution in [-0.2, 0) is 9.53 Å². The second kappa shape index (κ2) is 7.44. The van der Waals surface area contributed by atoms with Crippen LogP contribution >= 0.6 is 0 Å². The molecule has 0 bridgehead atoms. The molecule has 136 valence electrons. The van der Waals surface area contributed by atoms with Crippen molar-refractivity contribution in [1.29, 1.82) is 0 Å². The number of aliphatic carboxylic acids is 1. The number of nitrogens with zero attached hydrogens (tertiary/aromatic N) is 1. The lowest BCUT2D eigenvalue weighted by Gasteiger charge is -2.23. The topological polar surface area (TPSA) is 76.1 Å². The van der Waals surface area contributed by atoms with Crippen LogP contribution in [0.4, 0.5) is 0 Å². The van der Waals surface area contributed by atoms with Crippen molar-refractivity contribution in [2.75, 3.05) is 33.4 Å². The molecule has 1 aromatic rings. The maximum Gasteiger partial charge on any atom is 0.311 e. The monoisotopic (exact) mass is 347 g/mol. The average Bonchev–Trinajstić information content (AvgIpc) is 3.17. The first-order chi connectivity index (χ1) is 12.1. The van der Waals surface area contributed by atoms with Gasteiger partial charge in [0, 0.05) is 38.8 Å². The molecule has 1 heterocycles. The first-order valence-electron chi connectivity index (χ1n) is 8.81. The fraction of sp³-hybridized carbons (Fsp3) is 0.579. The molecule has 0 spiro atoms. The summed E-state index contributed by atoms with van der Waals surface area (Å²) in [6.07, 6.45) is 3.31. The van der Waals surface area contributed by atoms with E-state index in [1.54, 1.807) is 36.3 Å². The smallest absolute Gasteiger partial charge is 0.311 e. The van der Waals surface area contributed by atoms with Crippen molar-refractivity contribution in [2.45, 2.75) is 25.7 Å². The van der Waals surface area contributed by atoms with E-state index in [2.05, 4.69) is 0 Å². The number of carboxylic acid groups (broad SMARTS) is 1. The minimum atomic E-state index is -0.759. The van der Waals surface area contributed by atoms with E-state index in [0.717, 1.165) is 19.3 Å². The number of likely N-dealkylation sites (tertiary alicyclic amines) is 1. The summed E-state index contributed by atoms with van der Waals surface area (Å²) in [4.78, 5) is 26.2. The van der Waals surface area contributed by atoms with E-state index >= 15 is 0 Å². The lowest BCUT2D eigenvalue weighted by molar-refractivity contribution is -0.149. The van der Waals surface area contributed by atoms with Gasteiger partial charge in [0.05, 0.1) is 12.0 Å². The standard InChI is InChI=1S/C19H25NO5/c1-24-10-3-11-25-16-7-5-14(6-8-16)17(21)20-12-15-4-2-9-19(15,13-20)18(22)23/h5-8,15H,2-4,9-13H2,1H3,(H,22,23)/t15-,19+/m0/s1. The Balaban J connectivity index is 1.61. The third-order valence-corrected chi connectivity index (χ3v) is 5.45. The minimum Gasteiger partial charge on any atom is -0.494 e. The highest BCUT2D eigenvalue weighted by Crippen LogP contribution is 2.49. The van der Waals surface area contributed by atoms with Gasteiger partial charge in [0.1, 0.15) is 5.75 Å². The SMILES string of the molecule is COCCCOc1ccc(C(=O)N2C[C@@H]3CCC[C@@]3(C(=O)O)C2)cc1. The number of carbonyl (C=O) groups excluding carboxylic acids is 1. The van der Waals surface area contributed by atoms with Gasteiger partial charge in [0.25, 0.3) is 5.91 Å². The number of carbonyl (C=O) groups is 2. The van der Waals surface area contributed by atoms with Crippen LogP contribution in [0.1, 0.15) is 36.0 Å². The molecule has 0 radical (unpaired) electrons. The predicted octanol–water partition coefficient (Wildman–Crippen LogP) is 2.43. The van der Waals surface area contributed by atoms with Crippen LogP contribution in [0, 0.1) is 11.3 Å². The Morgan fingerprint density at radius 3 is 2.68 bits per heavy atom. The predicted molar refractivity (Wildman–Crippen MR) is 91.7 cm³/mol. The third-order valence-electron chi connectivity index (χ3n) is 5.45. The highest BCUT2D eigenvalue weighted by molar-refractivity contribution is 5.95. The summed E-state index contributed by atoms with van der Waals surface area (Å²) in [7, 11) is 1.65. The number of ether oxygens (including phenoxy) is 2. The van der Waals surface area contributed by atoms with E-state index in [0.29, 0.717) is 44.0 Å². The number of rotatable bonds is 7. The molecule has 0 unspecified atom stereocenters. The molecule has 25 heavy (non-hydrogen) atoms. The van der Waals surface area contributed by atoms with Crippen LogP contribution in [0.15, 0.2) is 24.3 Å². The largest absolute Gasteiger partial charge is 0.494 e. The van der Waals surface area contributed by atoms with E-state index in [9.17, 15) is 14.7 Å². The number of hydrogen-bond acceptors (Lipinski definition) is 4. The molecule has 6 nitrogen and oxygen atoms in total. The minimum absolute atomic E-state index is 0.0809. The molecule has 6 heteroatoms. The summed E-state index contributed by atoms with van der Waals surface area (Å²) < 4.78 is 10.6. The molecule has 2 fully saturated rings. The molecule has 2 atom stereocenters. The maximum atomic E-state index is 12.7. The van der Waals surface area contributed by atoms with Gasteiger partial charge in [-0.2, -0.15) is 0 Å². The van der Waals surface area contributed by atoms with Crippen molar-refractivity contribution < 1.29 is 24.2 Å². The molecule has 1 amide bonds. The molecule has 1 saturated heterocycles. The second-order valence-electron chi connectivity index (χ2n) is 6.96.